The molecule has 3 aromatic carbocycles. The number of para-hydroxylation sites is 2. The lowest BCUT2D eigenvalue weighted by Crippen LogP contribution is -2.34. The molecule has 1 heterocycles. The van der Waals surface area contributed by atoms with Crippen LogP contribution in [0.25, 0.3) is 10.2 Å². The quantitative estimate of drug-likeness (QED) is 0.289. The van der Waals surface area contributed by atoms with Crippen LogP contribution in [0.2, 0.25) is 0 Å². The fraction of sp³-hybridized carbons (Fsp3) is 0.231. The van der Waals surface area contributed by atoms with Gasteiger partial charge in [-0.05, 0) is 75.6 Å². The van der Waals surface area contributed by atoms with Crippen molar-refractivity contribution in [2.24, 2.45) is 0 Å². The van der Waals surface area contributed by atoms with E-state index in [1.54, 1.807) is 41.3 Å². The normalized spacial score (nSPS) is 11.2. The zero-order chi connectivity index (χ0) is 25.7. The van der Waals surface area contributed by atoms with E-state index in [0.29, 0.717) is 17.4 Å². The van der Waals surface area contributed by atoms with Gasteiger partial charge in [0.15, 0.2) is 5.13 Å². The van der Waals surface area contributed by atoms with Crippen molar-refractivity contribution >= 4 is 60.7 Å². The number of hydrogen-bond acceptors (Lipinski definition) is 7. The summed E-state index contributed by atoms with van der Waals surface area (Å²) in [5.74, 6) is 0.231. The van der Waals surface area contributed by atoms with Crippen molar-refractivity contribution in [2.75, 3.05) is 43.9 Å². The minimum absolute atomic E-state index is 0. The zero-order valence-electron chi connectivity index (χ0n) is 20.7. The third kappa shape index (κ3) is 6.78. The van der Waals surface area contributed by atoms with Crippen LogP contribution in [0.3, 0.4) is 0 Å². The molecule has 0 unspecified atom stereocenters. The summed E-state index contributed by atoms with van der Waals surface area (Å²) < 4.78 is 34.9. The number of aromatic nitrogens is 1. The van der Waals surface area contributed by atoms with Gasteiger partial charge in [0.25, 0.3) is 15.9 Å². The minimum atomic E-state index is -3.93. The van der Waals surface area contributed by atoms with Gasteiger partial charge < -0.3 is 9.64 Å². The van der Waals surface area contributed by atoms with Crippen LogP contribution in [-0.2, 0) is 10.0 Å². The number of fused-ring (bicyclic) bond motifs is 1. The van der Waals surface area contributed by atoms with E-state index < -0.39 is 10.0 Å². The molecule has 1 aromatic heterocycles. The van der Waals surface area contributed by atoms with E-state index in [0.717, 1.165) is 23.2 Å². The first-order chi connectivity index (χ1) is 17.3. The second kappa shape index (κ2) is 12.4. The number of ether oxygens (including phenoxy) is 1. The summed E-state index contributed by atoms with van der Waals surface area (Å²) in [5.41, 5.74) is 1.27. The van der Waals surface area contributed by atoms with Crippen LogP contribution in [0.15, 0.2) is 77.7 Å². The van der Waals surface area contributed by atoms with Gasteiger partial charge >= 0.3 is 0 Å². The predicted molar refractivity (Wildman–Crippen MR) is 152 cm³/mol. The topological polar surface area (TPSA) is 91.8 Å². The Morgan fingerprint density at radius 2 is 1.65 bits per heavy atom. The maximum Gasteiger partial charge on any atom is 0.262 e. The summed E-state index contributed by atoms with van der Waals surface area (Å²) in [6.07, 6.45) is 0.731. The monoisotopic (exact) mass is 560 g/mol. The second-order valence-electron chi connectivity index (χ2n) is 8.40. The second-order valence-corrected chi connectivity index (χ2v) is 11.1. The number of nitrogens with one attached hydrogen (secondary N) is 1. The molecule has 196 valence electrons. The number of rotatable bonds is 10. The summed E-state index contributed by atoms with van der Waals surface area (Å²) in [4.78, 5) is 22.3. The molecule has 0 atom stereocenters. The van der Waals surface area contributed by atoms with E-state index in [2.05, 4.69) is 14.6 Å². The van der Waals surface area contributed by atoms with Crippen LogP contribution >= 0.6 is 23.7 Å². The number of thiazole rings is 1. The van der Waals surface area contributed by atoms with Gasteiger partial charge in [0.05, 0.1) is 33.5 Å². The zero-order valence-corrected chi connectivity index (χ0v) is 23.2. The van der Waals surface area contributed by atoms with E-state index in [1.807, 2.05) is 38.4 Å². The van der Waals surface area contributed by atoms with Crippen LogP contribution in [-0.4, -0.2) is 58.5 Å². The molecule has 0 radical (unpaired) electrons. The summed E-state index contributed by atoms with van der Waals surface area (Å²) >= 11 is 1.44. The van der Waals surface area contributed by atoms with Crippen molar-refractivity contribution in [3.8, 4) is 5.75 Å². The molecule has 8 nitrogen and oxygen atoms in total. The van der Waals surface area contributed by atoms with Crippen molar-refractivity contribution in [3.63, 3.8) is 0 Å². The molecule has 4 rings (SSSR count). The maximum atomic E-state index is 13.9. The van der Waals surface area contributed by atoms with Gasteiger partial charge in [-0.3, -0.25) is 14.4 Å². The van der Waals surface area contributed by atoms with E-state index >= 15 is 0 Å². The largest absolute Gasteiger partial charge is 0.497 e. The molecule has 0 saturated carbocycles. The molecule has 0 aliphatic rings. The highest BCUT2D eigenvalue weighted by Crippen LogP contribution is 2.31. The molecular formula is C26H29ClN4O4S2. The molecule has 1 amide bonds. The van der Waals surface area contributed by atoms with Gasteiger partial charge in [0.2, 0.25) is 0 Å². The van der Waals surface area contributed by atoms with Gasteiger partial charge in [0.1, 0.15) is 5.75 Å². The standard InChI is InChI=1S/C26H28N4O4S2.ClH/c1-29(2)17-8-18-30(26-27-23-11-6-7-12-24(23)35-26)25(31)21-9-4-5-10-22(21)28-36(32,33)20-15-13-19(34-3)14-16-20;/h4-7,9-16,28H,8,17-18H2,1-3H3;1H. The Balaban J connectivity index is 0.00000380. The van der Waals surface area contributed by atoms with Crippen LogP contribution in [0.4, 0.5) is 10.8 Å². The molecule has 0 bridgehead atoms. The number of carbonyl (C=O) groups excluding carboxylic acids is 1. The summed E-state index contributed by atoms with van der Waals surface area (Å²) in [6, 6.07) is 20.4. The first kappa shape index (κ1) is 28.4. The summed E-state index contributed by atoms with van der Waals surface area (Å²) in [6.45, 7) is 1.23. The van der Waals surface area contributed by atoms with Crippen molar-refractivity contribution in [2.45, 2.75) is 11.3 Å². The van der Waals surface area contributed by atoms with Crippen molar-refractivity contribution in [1.29, 1.82) is 0 Å². The Morgan fingerprint density at radius 1 is 0.973 bits per heavy atom. The molecule has 1 N–H and O–H groups in total. The van der Waals surface area contributed by atoms with Crippen LogP contribution in [0.5, 0.6) is 5.75 Å². The van der Waals surface area contributed by atoms with Gasteiger partial charge in [-0.2, -0.15) is 0 Å². The van der Waals surface area contributed by atoms with E-state index in [9.17, 15) is 13.2 Å². The van der Waals surface area contributed by atoms with Gasteiger partial charge in [-0.15, -0.1) is 12.4 Å². The van der Waals surface area contributed by atoms with Crippen molar-refractivity contribution < 1.29 is 17.9 Å². The molecule has 0 saturated heterocycles. The number of amides is 1. The van der Waals surface area contributed by atoms with Crippen molar-refractivity contribution in [3.05, 3.63) is 78.4 Å². The number of carbonyl (C=O) groups is 1. The SMILES string of the molecule is COc1ccc(S(=O)(=O)Nc2ccccc2C(=O)N(CCCN(C)C)c2nc3ccccc3s2)cc1.Cl. The lowest BCUT2D eigenvalue weighted by atomic mass is 10.1. The predicted octanol–water partition coefficient (Wildman–Crippen LogP) is 5.13. The fourth-order valence-electron chi connectivity index (χ4n) is 3.67. The highest BCUT2D eigenvalue weighted by Gasteiger charge is 2.25. The van der Waals surface area contributed by atoms with Gasteiger partial charge in [-0.25, -0.2) is 13.4 Å². The molecule has 0 fully saturated rings. The van der Waals surface area contributed by atoms with E-state index in [4.69, 9.17) is 4.74 Å². The third-order valence-corrected chi connectivity index (χ3v) is 7.96. The Kier molecular flexibility index (Phi) is 9.50. The smallest absolute Gasteiger partial charge is 0.262 e. The third-order valence-electron chi connectivity index (χ3n) is 5.52. The Hall–Kier alpha value is -3.18. The lowest BCUT2D eigenvalue weighted by Gasteiger charge is -2.22. The number of hydrogen-bond donors (Lipinski definition) is 1. The van der Waals surface area contributed by atoms with Crippen molar-refractivity contribution in [1.82, 2.24) is 9.88 Å². The molecule has 0 aliphatic carbocycles. The van der Waals surface area contributed by atoms with Crippen LogP contribution in [0, 0.1) is 0 Å². The number of methoxy groups -OCH3 is 1. The molecule has 0 aliphatic heterocycles. The highest BCUT2D eigenvalue weighted by atomic mass is 35.5. The number of sulfonamides is 1. The van der Waals surface area contributed by atoms with Crippen LogP contribution < -0.4 is 14.4 Å². The number of anilines is 2. The highest BCUT2D eigenvalue weighted by molar-refractivity contribution is 7.92. The van der Waals surface area contributed by atoms with Gasteiger partial charge in [0, 0.05) is 6.54 Å². The summed E-state index contributed by atoms with van der Waals surface area (Å²) in [7, 11) is 1.54. The number of nitrogens with zero attached hydrogens (tertiary/aromatic N) is 3. The van der Waals surface area contributed by atoms with E-state index in [-0.39, 0.29) is 34.5 Å². The Labute approximate surface area is 227 Å². The maximum absolute atomic E-state index is 13.9. The molecular weight excluding hydrogens is 532 g/mol. The fourth-order valence-corrected chi connectivity index (χ4v) is 5.74. The molecule has 37 heavy (non-hydrogen) atoms. The Morgan fingerprint density at radius 3 is 2.32 bits per heavy atom. The lowest BCUT2D eigenvalue weighted by molar-refractivity contribution is 0.0987. The van der Waals surface area contributed by atoms with E-state index in [1.165, 1.54) is 30.6 Å². The molecule has 11 heteroatoms. The van der Waals surface area contributed by atoms with Crippen LogP contribution in [0.1, 0.15) is 16.8 Å². The average molecular weight is 561 g/mol. The average Bonchev–Trinajstić information content (AvgIpc) is 3.30. The first-order valence-electron chi connectivity index (χ1n) is 11.4. The van der Waals surface area contributed by atoms with Gasteiger partial charge in [-0.1, -0.05) is 35.6 Å². The Bertz CT molecular complexity index is 1420. The first-order valence-corrected chi connectivity index (χ1v) is 13.7. The minimum Gasteiger partial charge on any atom is -0.497 e. The molecule has 4 aromatic rings. The molecule has 0 spiro atoms. The summed E-state index contributed by atoms with van der Waals surface area (Å²) in [5, 5.41) is 0.577. The number of benzene rings is 3. The number of halogens is 1.